The number of aromatic nitrogens is 2. The van der Waals surface area contributed by atoms with Crippen LogP contribution < -0.4 is 0 Å². The maximum Gasteiger partial charge on any atom is 0.309 e. The molecule has 0 saturated heterocycles. The number of hydrogen-bond donors (Lipinski definition) is 1. The Balaban J connectivity index is 2.54. The SMILES string of the molecule is Cc1ccccc1-c1nn(C)c(CC(=O)O)c1Br. The zero-order valence-electron chi connectivity index (χ0n) is 10.1. The molecule has 18 heavy (non-hydrogen) atoms. The molecule has 0 fully saturated rings. The highest BCUT2D eigenvalue weighted by Crippen LogP contribution is 2.32. The van der Waals surface area contributed by atoms with Gasteiger partial charge in [0.15, 0.2) is 0 Å². The van der Waals surface area contributed by atoms with Gasteiger partial charge >= 0.3 is 5.97 Å². The maximum atomic E-state index is 10.8. The van der Waals surface area contributed by atoms with E-state index in [9.17, 15) is 4.79 Å². The van der Waals surface area contributed by atoms with Crippen molar-refractivity contribution < 1.29 is 9.90 Å². The number of carboxylic acids is 1. The average molecular weight is 309 g/mol. The van der Waals surface area contributed by atoms with Gasteiger partial charge in [-0.3, -0.25) is 9.48 Å². The lowest BCUT2D eigenvalue weighted by atomic mass is 10.1. The number of benzene rings is 1. The zero-order valence-corrected chi connectivity index (χ0v) is 11.7. The highest BCUT2D eigenvalue weighted by Gasteiger charge is 2.18. The maximum absolute atomic E-state index is 10.8. The summed E-state index contributed by atoms with van der Waals surface area (Å²) in [5.74, 6) is -0.866. The number of aliphatic carboxylic acids is 1. The summed E-state index contributed by atoms with van der Waals surface area (Å²) in [6.07, 6.45) is -0.0457. The fraction of sp³-hybridized carbons (Fsp3) is 0.231. The molecule has 0 aliphatic heterocycles. The van der Waals surface area contributed by atoms with Crippen LogP contribution in [-0.4, -0.2) is 20.9 Å². The van der Waals surface area contributed by atoms with Crippen LogP contribution in [0.15, 0.2) is 28.7 Å². The fourth-order valence-electron chi connectivity index (χ4n) is 1.88. The largest absolute Gasteiger partial charge is 0.481 e. The van der Waals surface area contributed by atoms with Crippen molar-refractivity contribution in [2.45, 2.75) is 13.3 Å². The summed E-state index contributed by atoms with van der Waals surface area (Å²) in [5, 5.41) is 13.3. The lowest BCUT2D eigenvalue weighted by Gasteiger charge is -2.02. The van der Waals surface area contributed by atoms with E-state index in [1.54, 1.807) is 11.7 Å². The van der Waals surface area contributed by atoms with Gasteiger partial charge in [0, 0.05) is 12.6 Å². The molecule has 1 aromatic carbocycles. The summed E-state index contributed by atoms with van der Waals surface area (Å²) in [6.45, 7) is 2.01. The molecule has 1 heterocycles. The zero-order chi connectivity index (χ0) is 13.3. The Bertz CT molecular complexity index is 605. The van der Waals surface area contributed by atoms with Gasteiger partial charge in [0.2, 0.25) is 0 Å². The second-order valence-corrected chi connectivity index (χ2v) is 4.91. The predicted octanol–water partition coefficient (Wildman–Crippen LogP) is 2.79. The summed E-state index contributed by atoms with van der Waals surface area (Å²) >= 11 is 3.45. The first-order valence-corrected chi connectivity index (χ1v) is 6.29. The van der Waals surface area contributed by atoms with Gasteiger partial charge in [0.05, 0.1) is 16.6 Å². The summed E-state index contributed by atoms with van der Waals surface area (Å²) in [5.41, 5.74) is 3.57. The second-order valence-electron chi connectivity index (χ2n) is 4.12. The van der Waals surface area contributed by atoms with Gasteiger partial charge in [-0.25, -0.2) is 0 Å². The monoisotopic (exact) mass is 308 g/mol. The first-order chi connectivity index (χ1) is 8.50. The second kappa shape index (κ2) is 4.94. The van der Waals surface area contributed by atoms with Gasteiger partial charge in [-0.2, -0.15) is 5.10 Å². The fourth-order valence-corrected chi connectivity index (χ4v) is 2.57. The molecule has 0 unspecified atom stereocenters. The van der Waals surface area contributed by atoms with Crippen molar-refractivity contribution in [3.63, 3.8) is 0 Å². The van der Waals surface area contributed by atoms with E-state index in [1.807, 2.05) is 31.2 Å². The third kappa shape index (κ3) is 2.31. The molecule has 0 saturated carbocycles. The van der Waals surface area contributed by atoms with Gasteiger partial charge in [0.25, 0.3) is 0 Å². The van der Waals surface area contributed by atoms with E-state index < -0.39 is 5.97 Å². The molecule has 2 rings (SSSR count). The van der Waals surface area contributed by atoms with E-state index in [4.69, 9.17) is 5.11 Å². The van der Waals surface area contributed by atoms with E-state index in [2.05, 4.69) is 21.0 Å². The van der Waals surface area contributed by atoms with Gasteiger partial charge in [-0.15, -0.1) is 0 Å². The minimum Gasteiger partial charge on any atom is -0.481 e. The molecule has 1 N–H and O–H groups in total. The molecule has 0 radical (unpaired) electrons. The van der Waals surface area contributed by atoms with Gasteiger partial charge in [-0.1, -0.05) is 24.3 Å². The lowest BCUT2D eigenvalue weighted by molar-refractivity contribution is -0.136. The average Bonchev–Trinajstić information content (AvgIpc) is 2.57. The molecule has 0 aliphatic carbocycles. The highest BCUT2D eigenvalue weighted by atomic mass is 79.9. The molecule has 94 valence electrons. The van der Waals surface area contributed by atoms with Crippen molar-refractivity contribution in [1.82, 2.24) is 9.78 Å². The number of aryl methyl sites for hydroxylation is 2. The Hall–Kier alpha value is -1.62. The summed E-state index contributed by atoms with van der Waals surface area (Å²) in [6, 6.07) is 7.90. The molecule has 0 aliphatic rings. The summed E-state index contributed by atoms with van der Waals surface area (Å²) in [4.78, 5) is 10.8. The molecular weight excluding hydrogens is 296 g/mol. The first kappa shape index (κ1) is 12.8. The molecule has 0 amide bonds. The Morgan fingerprint density at radius 3 is 2.72 bits per heavy atom. The minimum atomic E-state index is -0.866. The third-order valence-corrected chi connectivity index (χ3v) is 3.65. The predicted molar refractivity (Wildman–Crippen MR) is 72.4 cm³/mol. The van der Waals surface area contributed by atoms with E-state index >= 15 is 0 Å². The Morgan fingerprint density at radius 1 is 1.44 bits per heavy atom. The van der Waals surface area contributed by atoms with Crippen molar-refractivity contribution >= 4 is 21.9 Å². The van der Waals surface area contributed by atoms with E-state index in [0.717, 1.165) is 21.3 Å². The van der Waals surface area contributed by atoms with Crippen LogP contribution in [0.5, 0.6) is 0 Å². The van der Waals surface area contributed by atoms with Crippen LogP contribution in [0, 0.1) is 6.92 Å². The van der Waals surface area contributed by atoms with Crippen molar-refractivity contribution in [2.24, 2.45) is 7.05 Å². The van der Waals surface area contributed by atoms with Gasteiger partial charge in [-0.05, 0) is 28.4 Å². The standard InChI is InChI=1S/C13H13BrN2O2/c1-8-5-3-4-6-9(8)13-12(14)10(7-11(17)18)16(2)15-13/h3-6H,7H2,1-2H3,(H,17,18). The van der Waals surface area contributed by atoms with Crippen molar-refractivity contribution in [3.8, 4) is 11.3 Å². The number of halogens is 1. The number of hydrogen-bond acceptors (Lipinski definition) is 2. The molecule has 2 aromatic rings. The molecule has 5 heteroatoms. The van der Waals surface area contributed by atoms with Crippen molar-refractivity contribution in [1.29, 1.82) is 0 Å². The lowest BCUT2D eigenvalue weighted by Crippen LogP contribution is -2.06. The molecule has 0 atom stereocenters. The normalized spacial score (nSPS) is 10.6. The topological polar surface area (TPSA) is 55.1 Å². The third-order valence-electron chi connectivity index (χ3n) is 2.82. The number of carbonyl (C=O) groups is 1. The van der Waals surface area contributed by atoms with E-state index in [1.165, 1.54) is 0 Å². The van der Waals surface area contributed by atoms with Gasteiger partial charge in [0.1, 0.15) is 5.69 Å². The number of carboxylic acid groups (broad SMARTS) is 1. The summed E-state index contributed by atoms with van der Waals surface area (Å²) in [7, 11) is 1.75. The van der Waals surface area contributed by atoms with Crippen LogP contribution in [-0.2, 0) is 18.3 Å². The van der Waals surface area contributed by atoms with Gasteiger partial charge < -0.3 is 5.11 Å². The molecule has 1 aromatic heterocycles. The van der Waals surface area contributed by atoms with Crippen LogP contribution in [0.1, 0.15) is 11.3 Å². The highest BCUT2D eigenvalue weighted by molar-refractivity contribution is 9.10. The van der Waals surface area contributed by atoms with Crippen LogP contribution in [0.3, 0.4) is 0 Å². The number of nitrogens with zero attached hydrogens (tertiary/aromatic N) is 2. The minimum absolute atomic E-state index is 0.0457. The smallest absolute Gasteiger partial charge is 0.309 e. The van der Waals surface area contributed by atoms with E-state index in [-0.39, 0.29) is 6.42 Å². The first-order valence-electron chi connectivity index (χ1n) is 5.50. The van der Waals surface area contributed by atoms with Crippen molar-refractivity contribution in [3.05, 3.63) is 40.0 Å². The quantitative estimate of drug-likeness (QED) is 0.948. The molecular formula is C13H13BrN2O2. The number of rotatable bonds is 3. The Kier molecular flexibility index (Phi) is 3.52. The van der Waals surface area contributed by atoms with Crippen LogP contribution in [0.4, 0.5) is 0 Å². The molecule has 4 nitrogen and oxygen atoms in total. The Labute approximate surface area is 113 Å². The molecule has 0 bridgehead atoms. The Morgan fingerprint density at radius 2 is 2.11 bits per heavy atom. The summed E-state index contributed by atoms with van der Waals surface area (Å²) < 4.78 is 2.36. The van der Waals surface area contributed by atoms with E-state index in [0.29, 0.717) is 5.69 Å². The van der Waals surface area contributed by atoms with Crippen LogP contribution >= 0.6 is 15.9 Å². The molecule has 0 spiro atoms. The van der Waals surface area contributed by atoms with Crippen LogP contribution in [0.25, 0.3) is 11.3 Å². The van der Waals surface area contributed by atoms with Crippen LogP contribution in [0.2, 0.25) is 0 Å². The van der Waals surface area contributed by atoms with Crippen molar-refractivity contribution in [2.75, 3.05) is 0 Å².